The Morgan fingerprint density at radius 3 is 2.21 bits per heavy atom. The third-order valence-corrected chi connectivity index (χ3v) is 2.31. The third kappa shape index (κ3) is 2.69. The zero-order valence-corrected chi connectivity index (χ0v) is 9.58. The summed E-state index contributed by atoms with van der Waals surface area (Å²) in [5.74, 6) is 0. The van der Waals surface area contributed by atoms with Crippen molar-refractivity contribution < 1.29 is 19.5 Å². The smallest absolute Gasteiger partial charge is 0.0366 e. The second kappa shape index (κ2) is 5.33. The van der Waals surface area contributed by atoms with E-state index in [1.54, 1.807) is 0 Å². The molecule has 0 unspecified atom stereocenters. The van der Waals surface area contributed by atoms with Crippen LogP contribution in [-0.4, -0.2) is 26.2 Å². The molecule has 1 fully saturated rings. The van der Waals surface area contributed by atoms with Gasteiger partial charge in [-0.1, -0.05) is 0 Å². The summed E-state index contributed by atoms with van der Waals surface area (Å²) in [5.41, 5.74) is 7.70. The number of hydrogen-bond donors (Lipinski definition) is 1. The van der Waals surface area contributed by atoms with Gasteiger partial charge in [-0.05, 0) is 37.4 Å². The molecule has 0 atom stereocenters. The molecule has 0 aliphatic carbocycles. The fourth-order valence-corrected chi connectivity index (χ4v) is 1.55. The Labute approximate surface area is 97.4 Å². The van der Waals surface area contributed by atoms with E-state index in [1.807, 2.05) is 12.1 Å². The van der Waals surface area contributed by atoms with Crippen molar-refractivity contribution in [1.82, 2.24) is 0 Å². The Hall–Kier alpha value is -0.597. The molecule has 0 aromatic heterocycles. The zero-order chi connectivity index (χ0) is 9.10. The van der Waals surface area contributed by atoms with E-state index in [9.17, 15) is 0 Å². The van der Waals surface area contributed by atoms with Gasteiger partial charge < -0.3 is 16.0 Å². The van der Waals surface area contributed by atoms with Crippen LogP contribution in [0.3, 0.4) is 0 Å². The van der Waals surface area contributed by atoms with Gasteiger partial charge in [0.15, 0.2) is 0 Å². The zero-order valence-electron chi connectivity index (χ0n) is 7.94. The monoisotopic (exact) mass is 279 g/mol. The Kier molecular flexibility index (Phi) is 4.37. The molecule has 1 aliphatic heterocycles. The summed E-state index contributed by atoms with van der Waals surface area (Å²) >= 11 is 0. The maximum atomic E-state index is 5.62. The van der Waals surface area contributed by atoms with Gasteiger partial charge in [-0.15, -0.1) is 13.1 Å². The first-order chi connectivity index (χ1) is 6.36. The van der Waals surface area contributed by atoms with Crippen molar-refractivity contribution in [3.63, 3.8) is 0 Å². The van der Waals surface area contributed by atoms with E-state index in [1.165, 1.54) is 5.69 Å². The van der Waals surface area contributed by atoms with E-state index >= 15 is 0 Å². The molecule has 2 N–H and O–H groups in total. The predicted octanol–water partition coefficient (Wildman–Crippen LogP) is 1.46. The van der Waals surface area contributed by atoms with Crippen LogP contribution in [0.4, 0.5) is 11.4 Å². The largest absolute Gasteiger partial charge is 0.659 e. The number of piperazine rings is 1. The van der Waals surface area contributed by atoms with Crippen LogP contribution in [-0.2, 0) is 19.5 Å². The van der Waals surface area contributed by atoms with Crippen LogP contribution in [0.25, 0.3) is 5.32 Å². The van der Waals surface area contributed by atoms with Crippen LogP contribution in [0.2, 0.25) is 0 Å². The standard InChI is InChI=1S/C10H14N3.Rh/c11-9-1-3-10(4-2-9)13-7-5-12-6-8-13;/h1-4H,5-8,11H2;/q-1;. The van der Waals surface area contributed by atoms with Crippen LogP contribution in [0.15, 0.2) is 24.3 Å². The number of anilines is 2. The molecule has 1 aliphatic rings. The number of hydrogen-bond acceptors (Lipinski definition) is 2. The average molecular weight is 279 g/mol. The van der Waals surface area contributed by atoms with Crippen LogP contribution in [0.1, 0.15) is 0 Å². The van der Waals surface area contributed by atoms with Crippen LogP contribution < -0.4 is 10.6 Å². The van der Waals surface area contributed by atoms with Crippen molar-refractivity contribution in [3.8, 4) is 0 Å². The summed E-state index contributed by atoms with van der Waals surface area (Å²) in [4.78, 5) is 2.34. The maximum absolute atomic E-state index is 5.62. The second-order valence-electron chi connectivity index (χ2n) is 3.25. The quantitative estimate of drug-likeness (QED) is 0.624. The minimum atomic E-state index is 0. The fraction of sp³-hybridized carbons (Fsp3) is 0.400. The SMILES string of the molecule is Nc1ccc(N2CC[N-]CC2)cc1.[Rh]. The first-order valence-electron chi connectivity index (χ1n) is 4.60. The molecule has 0 amide bonds. The van der Waals surface area contributed by atoms with Crippen molar-refractivity contribution in [2.45, 2.75) is 0 Å². The minimum absolute atomic E-state index is 0. The van der Waals surface area contributed by atoms with Crippen molar-refractivity contribution in [1.29, 1.82) is 0 Å². The number of nitrogens with two attached hydrogens (primary N) is 1. The van der Waals surface area contributed by atoms with Gasteiger partial charge in [-0.2, -0.15) is 0 Å². The molecule has 1 aromatic rings. The van der Waals surface area contributed by atoms with Crippen molar-refractivity contribution in [3.05, 3.63) is 29.6 Å². The molecule has 4 heteroatoms. The van der Waals surface area contributed by atoms with E-state index in [4.69, 9.17) is 5.73 Å². The van der Waals surface area contributed by atoms with Gasteiger partial charge >= 0.3 is 0 Å². The van der Waals surface area contributed by atoms with Gasteiger partial charge in [-0.3, -0.25) is 0 Å². The summed E-state index contributed by atoms with van der Waals surface area (Å²) in [6.45, 7) is 3.96. The topological polar surface area (TPSA) is 43.4 Å². The molecule has 0 bridgehead atoms. The Balaban J connectivity index is 0.000000980. The predicted molar refractivity (Wildman–Crippen MR) is 56.2 cm³/mol. The molecule has 3 nitrogen and oxygen atoms in total. The number of nitrogens with zero attached hydrogens (tertiary/aromatic N) is 2. The molecular weight excluding hydrogens is 265 g/mol. The molecule has 0 saturated carbocycles. The molecule has 2 rings (SSSR count). The summed E-state index contributed by atoms with van der Waals surface area (Å²) in [7, 11) is 0. The number of benzene rings is 1. The molecule has 1 aromatic carbocycles. The van der Waals surface area contributed by atoms with Crippen molar-refractivity contribution in [2.24, 2.45) is 0 Å². The van der Waals surface area contributed by atoms with E-state index in [0.717, 1.165) is 31.9 Å². The van der Waals surface area contributed by atoms with E-state index < -0.39 is 0 Å². The van der Waals surface area contributed by atoms with Crippen LogP contribution in [0, 0.1) is 0 Å². The van der Waals surface area contributed by atoms with Crippen molar-refractivity contribution >= 4 is 11.4 Å². The summed E-state index contributed by atoms with van der Waals surface area (Å²) in [5, 5.41) is 4.30. The van der Waals surface area contributed by atoms with Gasteiger partial charge in [0, 0.05) is 30.9 Å². The van der Waals surface area contributed by atoms with Gasteiger partial charge in [0.1, 0.15) is 0 Å². The Morgan fingerprint density at radius 1 is 1.07 bits per heavy atom. The summed E-state index contributed by atoms with van der Waals surface area (Å²) in [6, 6.07) is 8.03. The first kappa shape index (κ1) is 11.5. The molecule has 0 spiro atoms. The Bertz CT molecular complexity index is 267. The average Bonchev–Trinajstić information content (AvgIpc) is 2.20. The molecule has 79 valence electrons. The second-order valence-corrected chi connectivity index (χ2v) is 3.25. The first-order valence-corrected chi connectivity index (χ1v) is 4.60. The van der Waals surface area contributed by atoms with Crippen LogP contribution in [0.5, 0.6) is 0 Å². The van der Waals surface area contributed by atoms with Crippen LogP contribution >= 0.6 is 0 Å². The maximum Gasteiger partial charge on any atom is 0.0366 e. The fourth-order valence-electron chi connectivity index (χ4n) is 1.55. The minimum Gasteiger partial charge on any atom is -0.659 e. The van der Waals surface area contributed by atoms with Gasteiger partial charge in [-0.25, -0.2) is 0 Å². The number of nitrogen functional groups attached to an aromatic ring is 1. The normalized spacial score (nSPS) is 16.1. The molecule has 1 saturated heterocycles. The Morgan fingerprint density at radius 2 is 1.64 bits per heavy atom. The van der Waals surface area contributed by atoms with Crippen molar-refractivity contribution in [2.75, 3.05) is 36.8 Å². The summed E-state index contributed by atoms with van der Waals surface area (Å²) < 4.78 is 0. The van der Waals surface area contributed by atoms with E-state index in [-0.39, 0.29) is 19.5 Å². The molecule has 1 radical (unpaired) electrons. The number of rotatable bonds is 1. The van der Waals surface area contributed by atoms with Gasteiger partial charge in [0.05, 0.1) is 0 Å². The van der Waals surface area contributed by atoms with E-state index in [2.05, 4.69) is 22.3 Å². The molecular formula is C10H14N3Rh-. The third-order valence-electron chi connectivity index (χ3n) is 2.31. The molecule has 1 heterocycles. The summed E-state index contributed by atoms with van der Waals surface area (Å²) in [6.07, 6.45) is 0. The van der Waals surface area contributed by atoms with E-state index in [0.29, 0.717) is 0 Å². The van der Waals surface area contributed by atoms with Gasteiger partial charge in [0.25, 0.3) is 0 Å². The van der Waals surface area contributed by atoms with Gasteiger partial charge in [0.2, 0.25) is 0 Å². The molecule has 14 heavy (non-hydrogen) atoms.